The van der Waals surface area contributed by atoms with Gasteiger partial charge in [-0.3, -0.25) is 0 Å². The van der Waals surface area contributed by atoms with Crippen LogP contribution in [-0.2, 0) is 11.8 Å². The summed E-state index contributed by atoms with van der Waals surface area (Å²) in [6.07, 6.45) is -0.554. The highest BCUT2D eigenvalue weighted by molar-refractivity contribution is 5.20. The fourth-order valence-corrected chi connectivity index (χ4v) is 0.840. The maximum Gasteiger partial charge on any atom is 0.242 e. The van der Waals surface area contributed by atoms with Gasteiger partial charge in [-0.2, -0.15) is 0 Å². The van der Waals surface area contributed by atoms with Crippen LogP contribution in [0.1, 0.15) is 0 Å². The fraction of sp³-hybridized carbons (Fsp3) is 0.833. The van der Waals surface area contributed by atoms with E-state index in [0.717, 1.165) is 0 Å². The zero-order valence-electron chi connectivity index (χ0n) is 7.64. The smallest absolute Gasteiger partial charge is 0.242 e. The average Bonchev–Trinajstić information content (AvgIpc) is 2.48. The number of anilines is 1. The second-order valence-corrected chi connectivity index (χ2v) is 2.62. The molecule has 0 amide bonds. The normalized spacial score (nSPS) is 12.8. The second-order valence-electron chi connectivity index (χ2n) is 2.62. The van der Waals surface area contributed by atoms with Crippen molar-refractivity contribution < 1.29 is 9.84 Å². The molecule has 7 nitrogen and oxygen atoms in total. The summed E-state index contributed by atoms with van der Waals surface area (Å²) >= 11 is 0. The molecule has 0 aliphatic rings. The molecular weight excluding hydrogens is 174 g/mol. The van der Waals surface area contributed by atoms with Crippen molar-refractivity contribution in [3.8, 4) is 0 Å². The quantitative estimate of drug-likeness (QED) is 0.591. The lowest BCUT2D eigenvalue weighted by Crippen LogP contribution is -2.25. The maximum absolute atomic E-state index is 9.27. The van der Waals surface area contributed by atoms with E-state index in [1.54, 1.807) is 7.05 Å². The molecule has 0 fully saturated rings. The Labute approximate surface area is 75.7 Å². The molecule has 0 spiro atoms. The highest BCUT2D eigenvalue weighted by Gasteiger charge is 2.05. The first-order chi connectivity index (χ1) is 6.24. The first-order valence-corrected chi connectivity index (χ1v) is 3.87. The van der Waals surface area contributed by atoms with Crippen LogP contribution in [0.2, 0.25) is 0 Å². The molecule has 0 saturated heterocycles. The summed E-state index contributed by atoms with van der Waals surface area (Å²) in [5.41, 5.74) is 0. The van der Waals surface area contributed by atoms with Crippen LogP contribution in [0.15, 0.2) is 0 Å². The molecule has 0 aliphatic heterocycles. The molecule has 7 heteroatoms. The number of ether oxygens (including phenoxy) is 1. The lowest BCUT2D eigenvalue weighted by molar-refractivity contribution is 0.0726. The summed E-state index contributed by atoms with van der Waals surface area (Å²) in [5, 5.41) is 22.9. The predicted molar refractivity (Wildman–Crippen MR) is 45.2 cm³/mol. The highest BCUT2D eigenvalue weighted by Crippen LogP contribution is 1.95. The standard InChI is InChI=1S/C6H13N5O2/c1-11-6(8-9-10-11)7-3-5(12)4-13-2/h5,12H,3-4H2,1-2H3,(H,7,8,10). The summed E-state index contributed by atoms with van der Waals surface area (Å²) in [6, 6.07) is 0. The molecule has 0 saturated carbocycles. The average molecular weight is 187 g/mol. The van der Waals surface area contributed by atoms with Crippen LogP contribution in [0.3, 0.4) is 0 Å². The molecule has 1 aromatic heterocycles. The monoisotopic (exact) mass is 187 g/mol. The van der Waals surface area contributed by atoms with E-state index in [9.17, 15) is 5.11 Å². The van der Waals surface area contributed by atoms with Crippen molar-refractivity contribution >= 4 is 5.95 Å². The summed E-state index contributed by atoms with van der Waals surface area (Å²) in [6.45, 7) is 0.653. The van der Waals surface area contributed by atoms with Crippen molar-refractivity contribution in [1.29, 1.82) is 0 Å². The van der Waals surface area contributed by atoms with Crippen molar-refractivity contribution in [3.05, 3.63) is 0 Å². The summed E-state index contributed by atoms with van der Waals surface area (Å²) in [4.78, 5) is 0. The van der Waals surface area contributed by atoms with E-state index >= 15 is 0 Å². The van der Waals surface area contributed by atoms with Gasteiger partial charge >= 0.3 is 0 Å². The van der Waals surface area contributed by atoms with Gasteiger partial charge in [0.25, 0.3) is 0 Å². The van der Waals surface area contributed by atoms with E-state index in [-0.39, 0.29) is 6.61 Å². The maximum atomic E-state index is 9.27. The zero-order valence-corrected chi connectivity index (χ0v) is 7.64. The number of aryl methyl sites for hydroxylation is 1. The van der Waals surface area contributed by atoms with E-state index in [2.05, 4.69) is 20.8 Å². The molecule has 13 heavy (non-hydrogen) atoms. The zero-order chi connectivity index (χ0) is 9.68. The van der Waals surface area contributed by atoms with Gasteiger partial charge in [0.1, 0.15) is 0 Å². The predicted octanol–water partition coefficient (Wildman–Crippen LogP) is -1.37. The molecule has 74 valence electrons. The van der Waals surface area contributed by atoms with Gasteiger partial charge in [0.15, 0.2) is 0 Å². The molecular formula is C6H13N5O2. The third-order valence-corrected chi connectivity index (χ3v) is 1.47. The molecule has 1 unspecified atom stereocenters. The summed E-state index contributed by atoms with van der Waals surface area (Å²) < 4.78 is 6.24. The molecule has 1 aromatic rings. The van der Waals surface area contributed by atoms with Crippen LogP contribution in [-0.4, -0.2) is 51.7 Å². The third kappa shape index (κ3) is 2.96. The number of hydrogen-bond donors (Lipinski definition) is 2. The molecule has 0 bridgehead atoms. The number of rotatable bonds is 5. The number of aliphatic hydroxyl groups excluding tert-OH is 1. The van der Waals surface area contributed by atoms with Crippen molar-refractivity contribution in [3.63, 3.8) is 0 Å². The second kappa shape index (κ2) is 4.73. The minimum absolute atomic E-state index is 0.290. The molecule has 1 heterocycles. The Hall–Kier alpha value is -1.21. The van der Waals surface area contributed by atoms with E-state index < -0.39 is 6.10 Å². The van der Waals surface area contributed by atoms with E-state index in [4.69, 9.17) is 4.74 Å². The molecule has 2 N–H and O–H groups in total. The van der Waals surface area contributed by atoms with Gasteiger partial charge in [0.05, 0.1) is 12.7 Å². The van der Waals surface area contributed by atoms with Gasteiger partial charge in [-0.1, -0.05) is 5.10 Å². The molecule has 1 atom stereocenters. The molecule has 0 aromatic carbocycles. The van der Waals surface area contributed by atoms with Crippen LogP contribution in [0, 0.1) is 0 Å². The first kappa shape index (κ1) is 9.87. The Morgan fingerprint density at radius 1 is 1.69 bits per heavy atom. The van der Waals surface area contributed by atoms with Crippen LogP contribution in [0.4, 0.5) is 5.95 Å². The minimum Gasteiger partial charge on any atom is -0.389 e. The summed E-state index contributed by atoms with van der Waals surface area (Å²) in [7, 11) is 3.25. The number of aliphatic hydroxyl groups is 1. The first-order valence-electron chi connectivity index (χ1n) is 3.87. The minimum atomic E-state index is -0.554. The van der Waals surface area contributed by atoms with E-state index in [1.165, 1.54) is 11.8 Å². The van der Waals surface area contributed by atoms with E-state index in [1.807, 2.05) is 0 Å². The van der Waals surface area contributed by atoms with Crippen molar-refractivity contribution in [1.82, 2.24) is 20.2 Å². The number of hydrogen-bond acceptors (Lipinski definition) is 6. The Balaban J connectivity index is 2.30. The number of aromatic nitrogens is 4. The number of methoxy groups -OCH3 is 1. The van der Waals surface area contributed by atoms with Crippen molar-refractivity contribution in [2.45, 2.75) is 6.10 Å². The highest BCUT2D eigenvalue weighted by atomic mass is 16.5. The van der Waals surface area contributed by atoms with Gasteiger partial charge in [-0.15, -0.1) is 0 Å². The SMILES string of the molecule is COCC(O)CNc1nnnn1C. The Morgan fingerprint density at radius 3 is 3.00 bits per heavy atom. The summed E-state index contributed by atoms with van der Waals surface area (Å²) in [5.74, 6) is 0.523. The Kier molecular flexibility index (Phi) is 3.59. The van der Waals surface area contributed by atoms with Crippen molar-refractivity contribution in [2.75, 3.05) is 25.6 Å². The van der Waals surface area contributed by atoms with Gasteiger partial charge in [0, 0.05) is 20.7 Å². The topological polar surface area (TPSA) is 85.1 Å². The fourth-order valence-electron chi connectivity index (χ4n) is 0.840. The van der Waals surface area contributed by atoms with Crippen LogP contribution < -0.4 is 5.32 Å². The number of nitrogens with zero attached hydrogens (tertiary/aromatic N) is 4. The third-order valence-electron chi connectivity index (χ3n) is 1.47. The van der Waals surface area contributed by atoms with Crippen LogP contribution >= 0.6 is 0 Å². The van der Waals surface area contributed by atoms with E-state index in [0.29, 0.717) is 12.5 Å². The Morgan fingerprint density at radius 2 is 2.46 bits per heavy atom. The molecule has 0 aliphatic carbocycles. The lowest BCUT2D eigenvalue weighted by Gasteiger charge is -2.09. The molecule has 1 rings (SSSR count). The largest absolute Gasteiger partial charge is 0.389 e. The van der Waals surface area contributed by atoms with Crippen molar-refractivity contribution in [2.24, 2.45) is 7.05 Å². The van der Waals surface area contributed by atoms with Gasteiger partial charge in [-0.05, 0) is 10.4 Å². The van der Waals surface area contributed by atoms with Crippen LogP contribution in [0.5, 0.6) is 0 Å². The molecule has 0 radical (unpaired) electrons. The Bertz CT molecular complexity index is 251. The van der Waals surface area contributed by atoms with Gasteiger partial charge in [-0.25, -0.2) is 4.68 Å². The van der Waals surface area contributed by atoms with Gasteiger partial charge in [0.2, 0.25) is 5.95 Å². The van der Waals surface area contributed by atoms with Gasteiger partial charge < -0.3 is 15.2 Å². The number of nitrogens with one attached hydrogen (secondary N) is 1. The lowest BCUT2D eigenvalue weighted by atomic mass is 10.4. The van der Waals surface area contributed by atoms with Crippen LogP contribution in [0.25, 0.3) is 0 Å². The number of tetrazole rings is 1.